The van der Waals surface area contributed by atoms with Crippen LogP contribution in [0.3, 0.4) is 0 Å². The Hall–Kier alpha value is -2.21. The Labute approximate surface area is 185 Å². The van der Waals surface area contributed by atoms with Crippen LogP contribution >= 0.6 is 0 Å². The highest BCUT2D eigenvalue weighted by Crippen LogP contribution is 2.29. The number of hydrogen-bond acceptors (Lipinski definition) is 6. The van der Waals surface area contributed by atoms with Crippen molar-refractivity contribution in [1.82, 2.24) is 14.2 Å². The summed E-state index contributed by atoms with van der Waals surface area (Å²) >= 11 is 0. The summed E-state index contributed by atoms with van der Waals surface area (Å²) in [5.74, 6) is 0.524. The van der Waals surface area contributed by atoms with Crippen LogP contribution in [0.4, 0.5) is 19.0 Å². The zero-order chi connectivity index (χ0) is 22.8. The standard InChI is InChI=1S/C21H25F3N4O3S/c22-21(23,24)18-4-5-20(25-15-18)27-8-6-26(7-9-27)16-17-2-1-3-19(14-17)32(29,30)28-10-12-31-13-11-28/h1-5,14-15H,6-13,16H2. The summed E-state index contributed by atoms with van der Waals surface area (Å²) in [6.45, 7) is 4.76. The van der Waals surface area contributed by atoms with E-state index in [1.807, 2.05) is 11.0 Å². The number of alkyl halides is 3. The van der Waals surface area contributed by atoms with E-state index in [9.17, 15) is 21.6 Å². The number of rotatable bonds is 5. The van der Waals surface area contributed by atoms with Gasteiger partial charge in [-0.05, 0) is 29.8 Å². The average molecular weight is 471 g/mol. The minimum atomic E-state index is -4.39. The summed E-state index contributed by atoms with van der Waals surface area (Å²) in [4.78, 5) is 8.40. The molecule has 32 heavy (non-hydrogen) atoms. The highest BCUT2D eigenvalue weighted by Gasteiger charge is 2.31. The lowest BCUT2D eigenvalue weighted by atomic mass is 10.2. The van der Waals surface area contributed by atoms with Crippen molar-refractivity contribution in [2.45, 2.75) is 17.6 Å². The largest absolute Gasteiger partial charge is 0.417 e. The number of anilines is 1. The molecule has 0 saturated carbocycles. The maximum Gasteiger partial charge on any atom is 0.417 e. The maximum absolute atomic E-state index is 12.9. The molecule has 0 bridgehead atoms. The molecule has 0 spiro atoms. The highest BCUT2D eigenvalue weighted by molar-refractivity contribution is 7.89. The Kier molecular flexibility index (Phi) is 6.70. The van der Waals surface area contributed by atoms with Gasteiger partial charge in [0.2, 0.25) is 10.0 Å². The van der Waals surface area contributed by atoms with Gasteiger partial charge in [-0.3, -0.25) is 4.90 Å². The van der Waals surface area contributed by atoms with Crippen molar-refractivity contribution in [2.75, 3.05) is 57.4 Å². The molecule has 2 aromatic rings. The third-order valence-corrected chi connectivity index (χ3v) is 7.58. The monoisotopic (exact) mass is 470 g/mol. The molecule has 2 fully saturated rings. The van der Waals surface area contributed by atoms with Crippen molar-refractivity contribution in [1.29, 1.82) is 0 Å². The van der Waals surface area contributed by atoms with Crippen LogP contribution in [0.5, 0.6) is 0 Å². The fourth-order valence-corrected chi connectivity index (χ4v) is 5.35. The van der Waals surface area contributed by atoms with Gasteiger partial charge in [-0.2, -0.15) is 17.5 Å². The third kappa shape index (κ3) is 5.22. The first-order valence-electron chi connectivity index (χ1n) is 10.4. The molecule has 2 saturated heterocycles. The Morgan fingerprint density at radius 1 is 0.969 bits per heavy atom. The number of nitrogens with zero attached hydrogens (tertiary/aromatic N) is 4. The van der Waals surface area contributed by atoms with E-state index in [1.165, 1.54) is 10.4 Å². The van der Waals surface area contributed by atoms with Crippen LogP contribution in [0.15, 0.2) is 47.5 Å². The van der Waals surface area contributed by atoms with Crippen molar-refractivity contribution in [3.63, 3.8) is 0 Å². The first kappa shape index (κ1) is 23.0. The number of hydrogen-bond donors (Lipinski definition) is 0. The van der Waals surface area contributed by atoms with Gasteiger partial charge in [0.1, 0.15) is 5.82 Å². The van der Waals surface area contributed by atoms with Crippen LogP contribution in [0.25, 0.3) is 0 Å². The average Bonchev–Trinajstić information content (AvgIpc) is 2.80. The zero-order valence-corrected chi connectivity index (χ0v) is 18.3. The van der Waals surface area contributed by atoms with Crippen LogP contribution in [0.2, 0.25) is 0 Å². The highest BCUT2D eigenvalue weighted by atomic mass is 32.2. The minimum Gasteiger partial charge on any atom is -0.379 e. The van der Waals surface area contributed by atoms with Gasteiger partial charge < -0.3 is 9.64 Å². The molecule has 0 radical (unpaired) electrons. The van der Waals surface area contributed by atoms with E-state index in [-0.39, 0.29) is 4.90 Å². The Bertz CT molecular complexity index is 1020. The van der Waals surface area contributed by atoms with E-state index in [1.54, 1.807) is 18.2 Å². The first-order valence-corrected chi connectivity index (χ1v) is 11.8. The van der Waals surface area contributed by atoms with Crippen LogP contribution in [-0.4, -0.2) is 75.1 Å². The van der Waals surface area contributed by atoms with Crippen molar-refractivity contribution in [3.05, 3.63) is 53.7 Å². The van der Waals surface area contributed by atoms with Gasteiger partial charge in [-0.15, -0.1) is 0 Å². The number of sulfonamides is 1. The number of halogens is 3. The molecular weight excluding hydrogens is 445 g/mol. The minimum absolute atomic E-state index is 0.282. The Morgan fingerprint density at radius 3 is 2.31 bits per heavy atom. The van der Waals surface area contributed by atoms with Gasteiger partial charge >= 0.3 is 6.18 Å². The molecule has 0 unspecified atom stereocenters. The number of morpholine rings is 1. The van der Waals surface area contributed by atoms with Gasteiger partial charge in [-0.1, -0.05) is 12.1 Å². The zero-order valence-electron chi connectivity index (χ0n) is 17.5. The van der Waals surface area contributed by atoms with E-state index >= 15 is 0 Å². The number of aromatic nitrogens is 1. The first-order chi connectivity index (χ1) is 15.2. The predicted octanol–water partition coefficient (Wildman–Crippen LogP) is 2.44. The molecule has 3 heterocycles. The summed E-state index contributed by atoms with van der Waals surface area (Å²) in [7, 11) is -3.55. The van der Waals surface area contributed by atoms with Gasteiger partial charge in [0.25, 0.3) is 0 Å². The number of piperazine rings is 1. The van der Waals surface area contributed by atoms with Gasteiger partial charge in [-0.25, -0.2) is 13.4 Å². The fourth-order valence-electron chi connectivity index (χ4n) is 3.87. The molecular formula is C21H25F3N4O3S. The molecule has 2 aliphatic heterocycles. The quantitative estimate of drug-likeness (QED) is 0.669. The lowest BCUT2D eigenvalue weighted by Crippen LogP contribution is -2.46. The molecule has 0 N–H and O–H groups in total. The maximum atomic E-state index is 12.9. The van der Waals surface area contributed by atoms with Gasteiger partial charge in [0, 0.05) is 52.0 Å². The topological polar surface area (TPSA) is 66.0 Å². The summed E-state index contributed by atoms with van der Waals surface area (Å²) in [6, 6.07) is 9.44. The van der Waals surface area contributed by atoms with Crippen molar-refractivity contribution in [3.8, 4) is 0 Å². The molecule has 2 aliphatic rings. The molecule has 4 rings (SSSR count). The predicted molar refractivity (Wildman–Crippen MR) is 113 cm³/mol. The summed E-state index contributed by atoms with van der Waals surface area (Å²) in [6.07, 6.45) is -3.53. The lowest BCUT2D eigenvalue weighted by Gasteiger charge is -2.35. The van der Waals surface area contributed by atoms with Crippen molar-refractivity contribution in [2.24, 2.45) is 0 Å². The van der Waals surface area contributed by atoms with Gasteiger partial charge in [0.15, 0.2) is 0 Å². The molecule has 0 amide bonds. The lowest BCUT2D eigenvalue weighted by molar-refractivity contribution is -0.137. The normalized spacial score (nSPS) is 19.3. The Morgan fingerprint density at radius 2 is 1.69 bits per heavy atom. The van der Waals surface area contributed by atoms with E-state index in [0.717, 1.165) is 17.8 Å². The van der Waals surface area contributed by atoms with E-state index < -0.39 is 21.8 Å². The SMILES string of the molecule is O=S(=O)(c1cccc(CN2CCN(c3ccc(C(F)(F)F)cn3)CC2)c1)N1CCOCC1. The van der Waals surface area contributed by atoms with Crippen molar-refractivity contribution < 1.29 is 26.3 Å². The number of ether oxygens (including phenoxy) is 1. The second kappa shape index (κ2) is 9.34. The van der Waals surface area contributed by atoms with Gasteiger partial charge in [0.05, 0.1) is 23.7 Å². The van der Waals surface area contributed by atoms with E-state index in [4.69, 9.17) is 4.74 Å². The molecule has 0 aliphatic carbocycles. The summed E-state index contributed by atoms with van der Waals surface area (Å²) in [5, 5.41) is 0. The fraction of sp³-hybridized carbons (Fsp3) is 0.476. The number of pyridine rings is 1. The Balaban J connectivity index is 1.36. The molecule has 0 atom stereocenters. The summed E-state index contributed by atoms with van der Waals surface area (Å²) < 4.78 is 70.6. The summed E-state index contributed by atoms with van der Waals surface area (Å²) in [5.41, 5.74) is 0.146. The molecule has 1 aromatic heterocycles. The van der Waals surface area contributed by atoms with Crippen LogP contribution in [-0.2, 0) is 27.5 Å². The second-order valence-corrected chi connectivity index (χ2v) is 9.77. The van der Waals surface area contributed by atoms with Crippen LogP contribution < -0.4 is 4.90 Å². The van der Waals surface area contributed by atoms with Crippen LogP contribution in [0.1, 0.15) is 11.1 Å². The van der Waals surface area contributed by atoms with E-state index in [0.29, 0.717) is 64.8 Å². The molecule has 11 heteroatoms. The second-order valence-electron chi connectivity index (χ2n) is 7.83. The molecule has 174 valence electrons. The molecule has 1 aromatic carbocycles. The van der Waals surface area contributed by atoms with Crippen LogP contribution in [0, 0.1) is 0 Å². The smallest absolute Gasteiger partial charge is 0.379 e. The third-order valence-electron chi connectivity index (χ3n) is 5.68. The molecule has 7 nitrogen and oxygen atoms in total. The van der Waals surface area contributed by atoms with Crippen molar-refractivity contribution >= 4 is 15.8 Å². The van der Waals surface area contributed by atoms with E-state index in [2.05, 4.69) is 9.88 Å². The number of benzene rings is 1.